The van der Waals surface area contributed by atoms with Crippen molar-refractivity contribution in [1.29, 1.82) is 0 Å². The van der Waals surface area contributed by atoms with Crippen LogP contribution in [0, 0.1) is 19.7 Å². The number of esters is 1. The highest BCUT2D eigenvalue weighted by Crippen LogP contribution is 2.31. The first-order valence-electron chi connectivity index (χ1n) is 10.4. The fourth-order valence-electron chi connectivity index (χ4n) is 4.05. The molecule has 1 unspecified atom stereocenters. The zero-order valence-corrected chi connectivity index (χ0v) is 18.5. The van der Waals surface area contributed by atoms with E-state index in [9.17, 15) is 9.18 Å². The van der Waals surface area contributed by atoms with Crippen LogP contribution < -0.4 is 9.80 Å². The summed E-state index contributed by atoms with van der Waals surface area (Å²) in [5.41, 5.74) is 3.31. The van der Waals surface area contributed by atoms with Crippen molar-refractivity contribution in [3.05, 3.63) is 59.8 Å². The number of carbonyl (C=O) groups excluding carboxylic acids is 1. The Hall–Kier alpha value is -3.62. The first-order valence-corrected chi connectivity index (χ1v) is 10.4. The summed E-state index contributed by atoms with van der Waals surface area (Å²) < 4.78 is 18.4. The SMILES string of the molecule is COC(=O)[C@H]1CN(c2cnccn2)C(C)CN1c1nnc(-c2ccc(F)cc2)c(C)c1C. The van der Waals surface area contributed by atoms with E-state index in [1.54, 1.807) is 30.7 Å². The smallest absolute Gasteiger partial charge is 0.330 e. The molecule has 2 atom stereocenters. The van der Waals surface area contributed by atoms with Gasteiger partial charge in [-0.05, 0) is 56.2 Å². The molecule has 1 saturated heterocycles. The van der Waals surface area contributed by atoms with Crippen molar-refractivity contribution in [2.45, 2.75) is 32.9 Å². The minimum absolute atomic E-state index is 0.0471. The van der Waals surface area contributed by atoms with Gasteiger partial charge in [0.15, 0.2) is 5.82 Å². The molecular weight excluding hydrogens is 411 g/mol. The van der Waals surface area contributed by atoms with Crippen LogP contribution >= 0.6 is 0 Å². The van der Waals surface area contributed by atoms with Gasteiger partial charge in [0, 0.05) is 30.5 Å². The molecule has 1 aromatic carbocycles. The zero-order chi connectivity index (χ0) is 22.8. The van der Waals surface area contributed by atoms with E-state index in [1.165, 1.54) is 19.2 Å². The van der Waals surface area contributed by atoms with Crippen LogP contribution in [0.1, 0.15) is 18.1 Å². The summed E-state index contributed by atoms with van der Waals surface area (Å²) in [6, 6.07) is 5.64. The largest absolute Gasteiger partial charge is 0.467 e. The summed E-state index contributed by atoms with van der Waals surface area (Å²) in [6.45, 7) is 6.89. The summed E-state index contributed by atoms with van der Waals surface area (Å²) in [5.74, 6) is 0.685. The number of hydrogen-bond donors (Lipinski definition) is 0. The number of rotatable bonds is 4. The lowest BCUT2D eigenvalue weighted by atomic mass is 10.0. The van der Waals surface area contributed by atoms with Crippen molar-refractivity contribution in [2.75, 3.05) is 30.0 Å². The zero-order valence-electron chi connectivity index (χ0n) is 18.5. The molecule has 1 aliphatic rings. The molecule has 3 aromatic rings. The van der Waals surface area contributed by atoms with Gasteiger partial charge in [0.2, 0.25) is 0 Å². The van der Waals surface area contributed by atoms with E-state index in [-0.39, 0.29) is 17.8 Å². The lowest BCUT2D eigenvalue weighted by Crippen LogP contribution is -2.61. The van der Waals surface area contributed by atoms with E-state index in [0.717, 1.165) is 16.7 Å². The number of anilines is 2. The fourth-order valence-corrected chi connectivity index (χ4v) is 4.05. The average molecular weight is 436 g/mol. The third-order valence-electron chi connectivity index (χ3n) is 5.94. The predicted molar refractivity (Wildman–Crippen MR) is 119 cm³/mol. The molecule has 4 rings (SSSR count). The average Bonchev–Trinajstić information content (AvgIpc) is 2.81. The molecule has 2 aromatic heterocycles. The van der Waals surface area contributed by atoms with Crippen molar-refractivity contribution in [1.82, 2.24) is 20.2 Å². The molecule has 0 saturated carbocycles. The van der Waals surface area contributed by atoms with Gasteiger partial charge in [0.25, 0.3) is 0 Å². The summed E-state index contributed by atoms with van der Waals surface area (Å²) in [7, 11) is 1.38. The van der Waals surface area contributed by atoms with Gasteiger partial charge in [0.05, 0.1) is 25.5 Å². The second-order valence-electron chi connectivity index (χ2n) is 7.89. The molecule has 1 aliphatic heterocycles. The van der Waals surface area contributed by atoms with Crippen molar-refractivity contribution < 1.29 is 13.9 Å². The van der Waals surface area contributed by atoms with Crippen LogP contribution in [0.4, 0.5) is 16.0 Å². The number of carbonyl (C=O) groups is 1. The third-order valence-corrected chi connectivity index (χ3v) is 5.94. The third kappa shape index (κ3) is 3.98. The minimum Gasteiger partial charge on any atom is -0.467 e. The van der Waals surface area contributed by atoms with E-state index in [4.69, 9.17) is 4.74 Å². The Bertz CT molecular complexity index is 1110. The van der Waals surface area contributed by atoms with E-state index in [1.807, 2.05) is 23.6 Å². The molecule has 32 heavy (non-hydrogen) atoms. The molecule has 9 heteroatoms. The molecular formula is C23H25FN6O2. The Morgan fingerprint density at radius 3 is 2.47 bits per heavy atom. The molecule has 0 amide bonds. The Kier molecular flexibility index (Phi) is 5.98. The van der Waals surface area contributed by atoms with Gasteiger partial charge < -0.3 is 14.5 Å². The first kappa shape index (κ1) is 21.6. The lowest BCUT2D eigenvalue weighted by Gasteiger charge is -2.45. The maximum Gasteiger partial charge on any atom is 0.330 e. The number of piperazine rings is 1. The topological polar surface area (TPSA) is 84.3 Å². The quantitative estimate of drug-likeness (QED) is 0.577. The number of halogens is 1. The van der Waals surface area contributed by atoms with Gasteiger partial charge in [-0.25, -0.2) is 14.2 Å². The normalized spacial score (nSPS) is 18.5. The van der Waals surface area contributed by atoms with Crippen LogP contribution in [-0.2, 0) is 9.53 Å². The number of nitrogens with zero attached hydrogens (tertiary/aromatic N) is 6. The Morgan fingerprint density at radius 1 is 1.06 bits per heavy atom. The Labute approximate surface area is 186 Å². The Balaban J connectivity index is 1.70. The highest BCUT2D eigenvalue weighted by molar-refractivity contribution is 5.82. The van der Waals surface area contributed by atoms with Gasteiger partial charge in [-0.3, -0.25) is 4.98 Å². The van der Waals surface area contributed by atoms with Gasteiger partial charge in [-0.15, -0.1) is 10.2 Å². The lowest BCUT2D eigenvalue weighted by molar-refractivity contribution is -0.142. The van der Waals surface area contributed by atoms with Crippen LogP contribution in [0.25, 0.3) is 11.3 Å². The summed E-state index contributed by atoms with van der Waals surface area (Å²) in [4.78, 5) is 25.3. The molecule has 3 heterocycles. The second-order valence-corrected chi connectivity index (χ2v) is 7.89. The van der Waals surface area contributed by atoms with Crippen LogP contribution in [0.2, 0.25) is 0 Å². The summed E-state index contributed by atoms with van der Waals surface area (Å²) in [5, 5.41) is 8.92. The van der Waals surface area contributed by atoms with Crippen LogP contribution in [-0.4, -0.2) is 58.4 Å². The predicted octanol–water partition coefficient (Wildman–Crippen LogP) is 2.95. The van der Waals surface area contributed by atoms with Crippen molar-refractivity contribution in [3.63, 3.8) is 0 Å². The maximum atomic E-state index is 13.3. The molecule has 0 aliphatic carbocycles. The van der Waals surface area contributed by atoms with Gasteiger partial charge >= 0.3 is 5.97 Å². The van der Waals surface area contributed by atoms with E-state index in [0.29, 0.717) is 30.4 Å². The highest BCUT2D eigenvalue weighted by atomic mass is 19.1. The van der Waals surface area contributed by atoms with E-state index >= 15 is 0 Å². The standard InChI is InChI=1S/C23H25FN6O2/c1-14-12-30(19(23(31)32-4)13-29(14)20-11-25-9-10-26-20)22-16(3)15(2)21(27-28-22)17-5-7-18(24)8-6-17/h5-11,14,19H,12-13H2,1-4H3/t14?,19-/m1/s1. The highest BCUT2D eigenvalue weighted by Gasteiger charge is 2.39. The molecule has 0 bridgehead atoms. The van der Waals surface area contributed by atoms with Crippen LogP contribution in [0.5, 0.6) is 0 Å². The number of benzene rings is 1. The number of aromatic nitrogens is 4. The van der Waals surface area contributed by atoms with Gasteiger partial charge in [-0.1, -0.05) is 0 Å². The second kappa shape index (κ2) is 8.86. The molecule has 1 fully saturated rings. The Morgan fingerprint density at radius 2 is 1.81 bits per heavy atom. The fraction of sp³-hybridized carbons (Fsp3) is 0.348. The minimum atomic E-state index is -0.581. The van der Waals surface area contributed by atoms with Crippen LogP contribution in [0.15, 0.2) is 42.9 Å². The molecule has 8 nitrogen and oxygen atoms in total. The molecule has 0 spiro atoms. The monoisotopic (exact) mass is 436 g/mol. The number of ether oxygens (including phenoxy) is 1. The summed E-state index contributed by atoms with van der Waals surface area (Å²) >= 11 is 0. The first-order chi connectivity index (χ1) is 15.4. The van der Waals surface area contributed by atoms with E-state index in [2.05, 4.69) is 27.1 Å². The van der Waals surface area contributed by atoms with Crippen molar-refractivity contribution in [3.8, 4) is 11.3 Å². The van der Waals surface area contributed by atoms with E-state index < -0.39 is 6.04 Å². The molecule has 0 N–H and O–H groups in total. The van der Waals surface area contributed by atoms with Crippen LogP contribution in [0.3, 0.4) is 0 Å². The number of methoxy groups -OCH3 is 1. The van der Waals surface area contributed by atoms with Gasteiger partial charge in [0.1, 0.15) is 17.7 Å². The number of hydrogen-bond acceptors (Lipinski definition) is 8. The van der Waals surface area contributed by atoms with Gasteiger partial charge in [-0.2, -0.15) is 0 Å². The molecule has 0 radical (unpaired) electrons. The molecule has 166 valence electrons. The summed E-state index contributed by atoms with van der Waals surface area (Å²) in [6.07, 6.45) is 4.94. The van der Waals surface area contributed by atoms with Crippen molar-refractivity contribution in [2.24, 2.45) is 0 Å². The van der Waals surface area contributed by atoms with Crippen molar-refractivity contribution >= 4 is 17.6 Å². The maximum absolute atomic E-state index is 13.3.